The zero-order chi connectivity index (χ0) is 14.4. The molecule has 1 fully saturated rings. The zero-order valence-corrected chi connectivity index (χ0v) is 15.7. The molecule has 1 aromatic heterocycles. The van der Waals surface area contributed by atoms with Crippen LogP contribution in [-0.2, 0) is 13.6 Å². The highest BCUT2D eigenvalue weighted by atomic mass is 127. The summed E-state index contributed by atoms with van der Waals surface area (Å²) in [5.41, 5.74) is 1.55. The van der Waals surface area contributed by atoms with E-state index in [0.29, 0.717) is 12.0 Å². The highest BCUT2D eigenvalue weighted by molar-refractivity contribution is 14.0. The van der Waals surface area contributed by atoms with E-state index in [0.717, 1.165) is 24.7 Å². The van der Waals surface area contributed by atoms with Crippen molar-refractivity contribution in [1.29, 1.82) is 0 Å². The van der Waals surface area contributed by atoms with Crippen molar-refractivity contribution in [3.8, 4) is 0 Å². The molecule has 2 N–H and O–H groups in total. The summed E-state index contributed by atoms with van der Waals surface area (Å²) in [4.78, 5) is 4.64. The van der Waals surface area contributed by atoms with Gasteiger partial charge < -0.3 is 10.6 Å². The summed E-state index contributed by atoms with van der Waals surface area (Å²) in [6, 6.07) is 2.01. The van der Waals surface area contributed by atoms with Crippen LogP contribution in [0.1, 0.15) is 45.2 Å². The number of hydrogen-bond acceptors (Lipinski definition) is 2. The van der Waals surface area contributed by atoms with Gasteiger partial charge >= 0.3 is 0 Å². The van der Waals surface area contributed by atoms with Gasteiger partial charge in [-0.1, -0.05) is 19.8 Å². The van der Waals surface area contributed by atoms with Crippen molar-refractivity contribution in [1.82, 2.24) is 20.4 Å². The van der Waals surface area contributed by atoms with Crippen LogP contribution in [-0.4, -0.2) is 28.8 Å². The third-order valence-corrected chi connectivity index (χ3v) is 4.16. The number of rotatable bonds is 5. The Morgan fingerprint density at radius 2 is 2.10 bits per heavy atom. The molecular weight excluding hydrogens is 377 g/mol. The molecule has 1 saturated carbocycles. The summed E-state index contributed by atoms with van der Waals surface area (Å²) in [5.74, 6) is 0.904. The normalized spacial score (nSPS) is 17.4. The molecule has 0 saturated heterocycles. The molecule has 1 heterocycles. The molecule has 0 amide bonds. The van der Waals surface area contributed by atoms with Crippen molar-refractivity contribution in [2.24, 2.45) is 17.5 Å². The largest absolute Gasteiger partial charge is 0.357 e. The van der Waals surface area contributed by atoms with Gasteiger partial charge in [-0.05, 0) is 31.2 Å². The minimum atomic E-state index is 0. The Bertz CT molecular complexity index is 449. The van der Waals surface area contributed by atoms with Crippen LogP contribution in [0, 0.1) is 5.41 Å². The molecule has 0 radical (unpaired) electrons. The maximum atomic E-state index is 4.64. The van der Waals surface area contributed by atoms with Gasteiger partial charge in [0.15, 0.2) is 5.96 Å². The number of hydrogen-bond donors (Lipinski definition) is 2. The van der Waals surface area contributed by atoms with E-state index in [1.54, 1.807) is 0 Å². The first kappa shape index (κ1) is 18.3. The lowest BCUT2D eigenvalue weighted by Crippen LogP contribution is -2.42. The van der Waals surface area contributed by atoms with Crippen LogP contribution in [0.5, 0.6) is 0 Å². The van der Waals surface area contributed by atoms with Gasteiger partial charge in [-0.2, -0.15) is 5.10 Å². The van der Waals surface area contributed by atoms with E-state index in [4.69, 9.17) is 0 Å². The van der Waals surface area contributed by atoms with Gasteiger partial charge in [-0.3, -0.25) is 4.68 Å². The van der Waals surface area contributed by atoms with E-state index >= 15 is 0 Å². The van der Waals surface area contributed by atoms with Crippen molar-refractivity contribution in [2.75, 3.05) is 13.1 Å². The van der Waals surface area contributed by atoms with Crippen molar-refractivity contribution in [3.63, 3.8) is 0 Å². The lowest BCUT2D eigenvalue weighted by Gasteiger charge is -2.25. The molecule has 0 atom stereocenters. The van der Waals surface area contributed by atoms with E-state index in [1.807, 2.05) is 24.0 Å². The average Bonchev–Trinajstić information content (AvgIpc) is 3.03. The first-order chi connectivity index (χ1) is 9.63. The lowest BCUT2D eigenvalue weighted by atomic mass is 9.89. The predicted octanol–water partition coefficient (Wildman–Crippen LogP) is 2.67. The molecule has 0 bridgehead atoms. The number of halogens is 1. The second-order valence-electron chi connectivity index (χ2n) is 6.01. The van der Waals surface area contributed by atoms with Crippen LogP contribution in [0.15, 0.2) is 17.3 Å². The Morgan fingerprint density at radius 1 is 1.38 bits per heavy atom. The fourth-order valence-corrected chi connectivity index (χ4v) is 2.76. The Labute approximate surface area is 145 Å². The summed E-state index contributed by atoms with van der Waals surface area (Å²) in [6.45, 7) is 7.01. The number of guanidine groups is 1. The maximum Gasteiger partial charge on any atom is 0.191 e. The van der Waals surface area contributed by atoms with Crippen molar-refractivity contribution in [3.05, 3.63) is 18.0 Å². The fourth-order valence-electron chi connectivity index (χ4n) is 2.76. The van der Waals surface area contributed by atoms with Gasteiger partial charge in [-0.15, -0.1) is 24.0 Å². The summed E-state index contributed by atoms with van der Waals surface area (Å²) < 4.78 is 1.87. The molecule has 0 spiro atoms. The van der Waals surface area contributed by atoms with E-state index < -0.39 is 0 Å². The van der Waals surface area contributed by atoms with Gasteiger partial charge in [-0.25, -0.2) is 4.99 Å². The van der Waals surface area contributed by atoms with Crippen LogP contribution >= 0.6 is 24.0 Å². The Hall–Kier alpha value is -0.790. The lowest BCUT2D eigenvalue weighted by molar-refractivity contribution is 0.334. The fraction of sp³-hybridized carbons (Fsp3) is 0.733. The van der Waals surface area contributed by atoms with Crippen LogP contribution < -0.4 is 10.6 Å². The van der Waals surface area contributed by atoms with Gasteiger partial charge in [0.1, 0.15) is 0 Å². The third-order valence-electron chi connectivity index (χ3n) is 4.16. The van der Waals surface area contributed by atoms with Gasteiger partial charge in [0.2, 0.25) is 0 Å². The highest BCUT2D eigenvalue weighted by Gasteiger charge is 2.28. The quantitative estimate of drug-likeness (QED) is 0.450. The molecule has 2 rings (SSSR count). The van der Waals surface area contributed by atoms with Crippen LogP contribution in [0.3, 0.4) is 0 Å². The van der Waals surface area contributed by atoms with E-state index in [2.05, 4.69) is 34.6 Å². The van der Waals surface area contributed by atoms with E-state index in [9.17, 15) is 0 Å². The molecule has 0 aromatic carbocycles. The molecule has 1 aromatic rings. The zero-order valence-electron chi connectivity index (χ0n) is 13.4. The first-order valence-corrected chi connectivity index (χ1v) is 7.62. The molecule has 21 heavy (non-hydrogen) atoms. The molecule has 1 aliphatic carbocycles. The average molecular weight is 405 g/mol. The molecule has 5 nitrogen and oxygen atoms in total. The molecule has 0 unspecified atom stereocenters. The highest BCUT2D eigenvalue weighted by Crippen LogP contribution is 2.36. The number of nitrogens with one attached hydrogen (secondary N) is 2. The first-order valence-electron chi connectivity index (χ1n) is 7.62. The summed E-state index contributed by atoms with van der Waals surface area (Å²) in [5, 5.41) is 11.0. The monoisotopic (exact) mass is 405 g/mol. The number of nitrogens with zero attached hydrogens (tertiary/aromatic N) is 3. The van der Waals surface area contributed by atoms with E-state index in [-0.39, 0.29) is 24.0 Å². The van der Waals surface area contributed by atoms with Crippen LogP contribution in [0.25, 0.3) is 0 Å². The topological polar surface area (TPSA) is 54.2 Å². The van der Waals surface area contributed by atoms with E-state index in [1.165, 1.54) is 25.7 Å². The summed E-state index contributed by atoms with van der Waals surface area (Å²) in [6.07, 6.45) is 7.18. The number of aromatic nitrogens is 2. The Balaban J connectivity index is 0.00000220. The minimum Gasteiger partial charge on any atom is -0.357 e. The van der Waals surface area contributed by atoms with Gasteiger partial charge in [0.05, 0.1) is 12.2 Å². The Morgan fingerprint density at radius 3 is 2.67 bits per heavy atom. The summed E-state index contributed by atoms with van der Waals surface area (Å²) in [7, 11) is 1.95. The molecule has 120 valence electrons. The van der Waals surface area contributed by atoms with Crippen molar-refractivity contribution < 1.29 is 0 Å². The smallest absolute Gasteiger partial charge is 0.191 e. The van der Waals surface area contributed by atoms with Gasteiger partial charge in [0.25, 0.3) is 0 Å². The second kappa shape index (κ2) is 8.60. The van der Waals surface area contributed by atoms with Crippen LogP contribution in [0.2, 0.25) is 0 Å². The van der Waals surface area contributed by atoms with Gasteiger partial charge in [0, 0.05) is 26.3 Å². The minimum absolute atomic E-state index is 0. The number of aliphatic imine (C=N–C) groups is 1. The predicted molar refractivity (Wildman–Crippen MR) is 98.0 cm³/mol. The standard InChI is InChI=1S/C15H27N5.HI/c1-4-16-14(17-11-13-7-10-19-20(13)3)18-12-15(2)8-5-6-9-15;/h7,10H,4-6,8-9,11-12H2,1-3H3,(H2,16,17,18);1H. The Kier molecular flexibility index (Phi) is 7.48. The summed E-state index contributed by atoms with van der Waals surface area (Å²) >= 11 is 0. The SMILES string of the molecule is CCNC(=NCc1ccnn1C)NCC1(C)CCCC1.I. The molecular formula is C15H28IN5. The van der Waals surface area contributed by atoms with Crippen molar-refractivity contribution >= 4 is 29.9 Å². The molecule has 1 aliphatic rings. The van der Waals surface area contributed by atoms with Crippen molar-refractivity contribution in [2.45, 2.75) is 46.1 Å². The van der Waals surface area contributed by atoms with Crippen LogP contribution in [0.4, 0.5) is 0 Å². The maximum absolute atomic E-state index is 4.64. The third kappa shape index (κ3) is 5.48. The number of aryl methyl sites for hydroxylation is 1. The molecule has 0 aliphatic heterocycles. The molecule has 6 heteroatoms. The second-order valence-corrected chi connectivity index (χ2v) is 6.01.